The number of rotatable bonds is 4. The molecule has 0 saturated carbocycles. The number of halogens is 1. The van der Waals surface area contributed by atoms with E-state index in [-0.39, 0.29) is 11.4 Å². The molecule has 0 bridgehead atoms. The second-order valence-corrected chi connectivity index (χ2v) is 6.79. The van der Waals surface area contributed by atoms with Crippen molar-refractivity contribution in [3.05, 3.63) is 41.2 Å². The zero-order valence-corrected chi connectivity index (χ0v) is 15.4. The van der Waals surface area contributed by atoms with Gasteiger partial charge in [0.1, 0.15) is 17.3 Å². The first-order chi connectivity index (χ1) is 10.4. The number of carbonyl (C=O) groups is 1. The molecular formula is C15H15IN4OS. The van der Waals surface area contributed by atoms with Crippen LogP contribution in [0.1, 0.15) is 16.1 Å². The Morgan fingerprint density at radius 2 is 2.14 bits per heavy atom. The molecular weight excluding hydrogens is 411 g/mol. The molecule has 1 heterocycles. The maximum absolute atomic E-state index is 12.6. The normalized spacial score (nSPS) is 11.5. The molecule has 2 aromatic rings. The van der Waals surface area contributed by atoms with Crippen molar-refractivity contribution in [2.45, 2.75) is 6.92 Å². The molecule has 0 spiro atoms. The fourth-order valence-electron chi connectivity index (χ4n) is 2.13. The highest BCUT2D eigenvalue weighted by Gasteiger charge is 2.20. The molecule has 0 aliphatic carbocycles. The third-order valence-electron chi connectivity index (χ3n) is 3.20. The number of Topliss-reactive ketones (excluding diaryl/α,β-unsaturated/α-hetero) is 1. The van der Waals surface area contributed by atoms with Crippen molar-refractivity contribution in [2.75, 3.05) is 19.8 Å². The van der Waals surface area contributed by atoms with E-state index in [9.17, 15) is 10.1 Å². The average molecular weight is 426 g/mol. The lowest BCUT2D eigenvalue weighted by atomic mass is 10.1. The summed E-state index contributed by atoms with van der Waals surface area (Å²) in [5.41, 5.74) is 9.05. The molecule has 1 aromatic carbocycles. The van der Waals surface area contributed by atoms with Gasteiger partial charge in [0.15, 0.2) is 0 Å². The van der Waals surface area contributed by atoms with E-state index in [2.05, 4.69) is 21.2 Å². The largest absolute Gasteiger partial charge is 0.398 e. The lowest BCUT2D eigenvalue weighted by molar-refractivity contribution is 0.103. The summed E-state index contributed by atoms with van der Waals surface area (Å²) in [6, 6.07) is 7.58. The van der Waals surface area contributed by atoms with E-state index in [1.165, 1.54) is 15.3 Å². The molecule has 0 radical (unpaired) electrons. The molecule has 7 heteroatoms. The zero-order chi connectivity index (χ0) is 16.4. The van der Waals surface area contributed by atoms with Crippen LogP contribution in [0.4, 0.5) is 5.69 Å². The monoisotopic (exact) mass is 426 g/mol. The van der Waals surface area contributed by atoms with Crippen LogP contribution >= 0.6 is 30.3 Å². The summed E-state index contributed by atoms with van der Waals surface area (Å²) in [6.07, 6.45) is 1.53. The Hall–Kier alpha value is -1.66. The number of nitrogen functional groups attached to an aromatic ring is 1. The van der Waals surface area contributed by atoms with Gasteiger partial charge in [-0.1, -0.05) is 0 Å². The number of benzene rings is 1. The minimum Gasteiger partial charge on any atom is -0.398 e. The summed E-state index contributed by atoms with van der Waals surface area (Å²) in [5.74, 6) is -0.298. The summed E-state index contributed by atoms with van der Waals surface area (Å²) in [5, 5.41) is 10.2. The predicted molar refractivity (Wildman–Crippen MR) is 99.8 cm³/mol. The van der Waals surface area contributed by atoms with E-state index in [1.54, 1.807) is 29.0 Å². The van der Waals surface area contributed by atoms with Crippen molar-refractivity contribution in [3.63, 3.8) is 0 Å². The smallest absolute Gasteiger partial charge is 0.222 e. The molecule has 5 nitrogen and oxygen atoms in total. The van der Waals surface area contributed by atoms with Crippen molar-refractivity contribution >= 4 is 52.7 Å². The van der Waals surface area contributed by atoms with E-state index in [0.717, 1.165) is 16.5 Å². The Morgan fingerprint density at radius 1 is 1.45 bits per heavy atom. The maximum atomic E-state index is 12.6. The van der Waals surface area contributed by atoms with Crippen molar-refractivity contribution in [1.82, 2.24) is 8.87 Å². The summed E-state index contributed by atoms with van der Waals surface area (Å²) in [6.45, 7) is 1.93. The van der Waals surface area contributed by atoms with Gasteiger partial charge in [-0.2, -0.15) is 5.26 Å². The number of nitrogens with two attached hydrogens (primary N) is 1. The standard InChI is InChI=1S/C15H15IN4OS/c1-9-4-10-5-14(15(21)11(7-17)8-19(2)3)20(22-16)13(10)6-12(9)18/h4-6,8H,18H2,1-3H3/b11-8+. The van der Waals surface area contributed by atoms with Crippen molar-refractivity contribution in [2.24, 2.45) is 0 Å². The fraction of sp³-hybridized carbons (Fsp3) is 0.200. The number of anilines is 1. The number of aryl methyl sites for hydroxylation is 1. The minimum absolute atomic E-state index is 0.101. The molecule has 0 saturated heterocycles. The number of fused-ring (bicyclic) bond motifs is 1. The average Bonchev–Trinajstić information content (AvgIpc) is 2.81. The van der Waals surface area contributed by atoms with Gasteiger partial charge in [0, 0.05) is 61.7 Å². The number of hydrogen-bond donors (Lipinski definition) is 1. The van der Waals surface area contributed by atoms with E-state index in [1.807, 2.05) is 25.1 Å². The highest BCUT2D eigenvalue weighted by atomic mass is 127. The molecule has 22 heavy (non-hydrogen) atoms. The van der Waals surface area contributed by atoms with Gasteiger partial charge in [-0.05, 0) is 30.7 Å². The molecule has 0 aliphatic rings. The Balaban J connectivity index is 2.65. The summed E-state index contributed by atoms with van der Waals surface area (Å²) >= 11 is 2.11. The Labute approximate surface area is 145 Å². The van der Waals surface area contributed by atoms with Crippen molar-refractivity contribution in [3.8, 4) is 6.07 Å². The van der Waals surface area contributed by atoms with E-state index < -0.39 is 0 Å². The van der Waals surface area contributed by atoms with Crippen LogP contribution in [0, 0.1) is 18.3 Å². The summed E-state index contributed by atoms with van der Waals surface area (Å²) < 4.78 is 1.80. The third-order valence-corrected chi connectivity index (χ3v) is 4.91. The van der Waals surface area contributed by atoms with Crippen LogP contribution in [0.15, 0.2) is 30.0 Å². The number of ketones is 1. The number of hydrogen-bond acceptors (Lipinski definition) is 5. The highest BCUT2D eigenvalue weighted by Crippen LogP contribution is 2.32. The second kappa shape index (κ2) is 6.62. The van der Waals surface area contributed by atoms with E-state index in [4.69, 9.17) is 5.73 Å². The van der Waals surface area contributed by atoms with E-state index >= 15 is 0 Å². The molecule has 0 unspecified atom stereocenters. The predicted octanol–water partition coefficient (Wildman–Crippen LogP) is 3.53. The van der Waals surface area contributed by atoms with Crippen LogP contribution in [0.3, 0.4) is 0 Å². The minimum atomic E-state index is -0.298. The number of carbonyl (C=O) groups excluding carboxylic acids is 1. The van der Waals surface area contributed by atoms with Gasteiger partial charge in [0.25, 0.3) is 0 Å². The fourth-order valence-corrected chi connectivity index (χ4v) is 3.84. The number of nitrogens with zero attached hydrogens (tertiary/aromatic N) is 3. The quantitative estimate of drug-likeness (QED) is 0.266. The molecule has 0 fully saturated rings. The Kier molecular flexibility index (Phi) is 5.03. The Bertz CT molecular complexity index is 817. The topological polar surface area (TPSA) is 75.0 Å². The molecule has 0 aliphatic heterocycles. The summed E-state index contributed by atoms with van der Waals surface area (Å²) in [4.78, 5) is 14.3. The molecule has 2 N–H and O–H groups in total. The van der Waals surface area contributed by atoms with Crippen LogP contribution in [0.2, 0.25) is 0 Å². The molecule has 2 rings (SSSR count). The van der Waals surface area contributed by atoms with Gasteiger partial charge >= 0.3 is 0 Å². The lowest BCUT2D eigenvalue weighted by Crippen LogP contribution is -2.10. The van der Waals surface area contributed by atoms with Gasteiger partial charge in [0.05, 0.1) is 5.52 Å². The van der Waals surface area contributed by atoms with Gasteiger partial charge in [0.2, 0.25) is 5.78 Å². The van der Waals surface area contributed by atoms with Gasteiger partial charge in [-0.25, -0.2) is 0 Å². The summed E-state index contributed by atoms with van der Waals surface area (Å²) in [7, 11) is 4.93. The number of nitriles is 1. The van der Waals surface area contributed by atoms with Gasteiger partial charge in [-0.15, -0.1) is 0 Å². The van der Waals surface area contributed by atoms with Crippen LogP contribution in [0.25, 0.3) is 10.9 Å². The van der Waals surface area contributed by atoms with Crippen LogP contribution in [0.5, 0.6) is 0 Å². The first-order valence-corrected chi connectivity index (χ1v) is 9.74. The zero-order valence-electron chi connectivity index (χ0n) is 12.4. The van der Waals surface area contributed by atoms with Gasteiger partial charge < -0.3 is 10.6 Å². The highest BCUT2D eigenvalue weighted by molar-refractivity contribution is 14.2. The second-order valence-electron chi connectivity index (χ2n) is 5.11. The van der Waals surface area contributed by atoms with Crippen LogP contribution < -0.4 is 5.73 Å². The lowest BCUT2D eigenvalue weighted by Gasteiger charge is -2.08. The van der Waals surface area contributed by atoms with Crippen LogP contribution in [-0.4, -0.2) is 28.8 Å². The molecule has 0 amide bonds. The molecule has 1 aromatic heterocycles. The van der Waals surface area contributed by atoms with E-state index in [0.29, 0.717) is 11.4 Å². The van der Waals surface area contributed by atoms with Crippen LogP contribution in [-0.2, 0) is 0 Å². The van der Waals surface area contributed by atoms with Crippen molar-refractivity contribution < 1.29 is 4.79 Å². The first-order valence-electron chi connectivity index (χ1n) is 6.42. The number of aromatic nitrogens is 1. The number of allylic oxidation sites excluding steroid dienone is 1. The maximum Gasteiger partial charge on any atom is 0.222 e. The molecule has 114 valence electrons. The Morgan fingerprint density at radius 3 is 2.68 bits per heavy atom. The SMILES string of the molecule is Cc1cc2cc(C(=O)/C(C#N)=C/N(C)C)n(SI)c2cc1N. The molecule has 0 atom stereocenters. The first kappa shape index (κ1) is 16.7. The van der Waals surface area contributed by atoms with Crippen molar-refractivity contribution in [1.29, 1.82) is 5.26 Å². The van der Waals surface area contributed by atoms with Gasteiger partial charge in [-0.3, -0.25) is 8.77 Å². The third kappa shape index (κ3) is 3.08.